The Balaban J connectivity index is 4.77. The fraction of sp³-hybridized carbons (Fsp3) is 1.00. The number of hydrogen-bond acceptors (Lipinski definition) is 0. The van der Waals surface area contributed by atoms with Gasteiger partial charge in [-0.2, -0.15) is 0 Å². The summed E-state index contributed by atoms with van der Waals surface area (Å²) in [5.74, 6) is 0. The van der Waals surface area contributed by atoms with Crippen molar-refractivity contribution in [3.8, 4) is 0 Å². The van der Waals surface area contributed by atoms with E-state index < -0.39 is 9.38 Å². The van der Waals surface area contributed by atoms with Crippen LogP contribution in [0.15, 0.2) is 0 Å². The second-order valence-electron chi connectivity index (χ2n) is 3.73. The zero-order valence-electron chi connectivity index (χ0n) is 10.5. The van der Waals surface area contributed by atoms with E-state index in [0.717, 1.165) is 0 Å². The van der Waals surface area contributed by atoms with Gasteiger partial charge in [-0.05, 0) is 0 Å². The fourth-order valence-corrected chi connectivity index (χ4v) is 24.6. The van der Waals surface area contributed by atoms with Crippen molar-refractivity contribution in [2.75, 3.05) is 37.0 Å². The Kier molecular flexibility index (Phi) is 11.5. The van der Waals surface area contributed by atoms with E-state index in [1.165, 1.54) is 37.0 Å². The molecule has 0 unspecified atom stereocenters. The summed E-state index contributed by atoms with van der Waals surface area (Å²) in [5.41, 5.74) is 0. The van der Waals surface area contributed by atoms with Crippen molar-refractivity contribution < 1.29 is 35.3 Å². The van der Waals surface area contributed by atoms with Crippen molar-refractivity contribution >= 4 is 27.8 Å². The summed E-state index contributed by atoms with van der Waals surface area (Å²) in [7, 11) is 12.6. The van der Waals surface area contributed by atoms with Gasteiger partial charge in [0, 0.05) is 0 Å². The molecule has 0 heterocycles. The van der Waals surface area contributed by atoms with E-state index in [1.807, 2.05) is 0 Å². The molecule has 0 spiro atoms. The number of hydrogen-bond donors (Lipinski definition) is 0. The number of halogens is 2. The Morgan fingerprint density at radius 2 is 0.938 bits per heavy atom. The Morgan fingerprint density at radius 3 is 1.06 bits per heavy atom. The first-order valence-electron chi connectivity index (χ1n) is 5.72. The first kappa shape index (κ1) is 18.9. The average Bonchev–Trinajstić information content (AvgIpc) is 2.37. The van der Waals surface area contributed by atoms with Gasteiger partial charge in [-0.15, -0.1) is 0 Å². The van der Waals surface area contributed by atoms with Crippen LogP contribution >= 0.6 is 27.8 Å². The van der Waals surface area contributed by atoms with E-state index in [9.17, 15) is 0 Å². The van der Waals surface area contributed by atoms with Crippen LogP contribution in [0.4, 0.5) is 0 Å². The molecule has 0 aliphatic carbocycles. The molecule has 0 aromatic carbocycles. The third-order valence-corrected chi connectivity index (χ3v) is 36.8. The summed E-state index contributed by atoms with van der Waals surface area (Å²) >= 11 is 0.131. The monoisotopic (exact) mass is 670 g/mol. The molecular weight excluding hydrogens is 647 g/mol. The van der Waals surface area contributed by atoms with Crippen molar-refractivity contribution in [3.63, 3.8) is 0 Å². The van der Waals surface area contributed by atoms with Gasteiger partial charge in [0.05, 0.1) is 0 Å². The molecule has 0 aliphatic heterocycles. The maximum absolute atomic E-state index is 6.32. The zero-order chi connectivity index (χ0) is 12.7. The van der Waals surface area contributed by atoms with Crippen LogP contribution in [-0.4, -0.2) is 37.0 Å². The third kappa shape index (κ3) is 5.50. The van der Waals surface area contributed by atoms with E-state index in [0.29, 0.717) is 0 Å². The summed E-state index contributed by atoms with van der Waals surface area (Å²) < 4.78 is -1.45. The van der Waals surface area contributed by atoms with Gasteiger partial charge in [-0.1, -0.05) is 0 Å². The second-order valence-corrected chi connectivity index (χ2v) is 30.7. The van der Waals surface area contributed by atoms with Crippen molar-refractivity contribution in [3.05, 3.63) is 0 Å². The van der Waals surface area contributed by atoms with Gasteiger partial charge in [0.1, 0.15) is 0 Å². The van der Waals surface area contributed by atoms with E-state index in [1.54, 1.807) is 0 Å². The minimum absolute atomic E-state index is 0.0656. The zero-order valence-corrected chi connectivity index (χ0v) is 18.1. The van der Waals surface area contributed by atoms with Crippen LogP contribution in [0.5, 0.6) is 0 Å². The molecule has 0 amide bonds. The topological polar surface area (TPSA) is 0 Å². The molecule has 0 radical (unpaired) electrons. The summed E-state index contributed by atoms with van der Waals surface area (Å²) in [5, 5.41) is 0. The molecule has 0 N–H and O–H groups in total. The van der Waals surface area contributed by atoms with E-state index in [4.69, 9.17) is 18.4 Å². The van der Waals surface area contributed by atoms with Crippen molar-refractivity contribution in [1.29, 1.82) is 0 Å². The minimum atomic E-state index is -0.727. The molecule has 0 aromatic rings. The second kappa shape index (κ2) is 9.77. The van der Waals surface area contributed by atoms with E-state index >= 15 is 0 Å². The SMILES string of the molecule is CC[P](CC)(CC[P](CC)(CC)=[Au][Cl])=[Au][Cl]. The molecule has 0 atom stereocenters. The Hall–Kier alpha value is 2.92. The standard InChI is InChI=1S/C10H24P2.2Au.2ClH/c1-5-11(6-2)9-10-12(7-3)8-4;;;;/h5-10H2,1-4H3;;;2*1H/q;2*+1;;/p-2. The average molecular weight is 671 g/mol. The first-order chi connectivity index (χ1) is 7.57. The van der Waals surface area contributed by atoms with Gasteiger partial charge >= 0.3 is 128 Å². The quantitative estimate of drug-likeness (QED) is 0.252. The molecule has 0 bridgehead atoms. The summed E-state index contributed by atoms with van der Waals surface area (Å²) in [4.78, 5) is 0. The van der Waals surface area contributed by atoms with Gasteiger partial charge in [0.25, 0.3) is 0 Å². The van der Waals surface area contributed by atoms with Gasteiger partial charge in [-0.25, -0.2) is 0 Å². The Bertz CT molecular complexity index is 257. The van der Waals surface area contributed by atoms with Gasteiger partial charge in [0.15, 0.2) is 0 Å². The van der Waals surface area contributed by atoms with Gasteiger partial charge in [-0.3, -0.25) is 0 Å². The summed E-state index contributed by atoms with van der Waals surface area (Å²) in [6.07, 6.45) is 8.35. The summed E-state index contributed by atoms with van der Waals surface area (Å²) in [6, 6.07) is 0. The van der Waals surface area contributed by atoms with Crippen LogP contribution in [0.25, 0.3) is 0 Å². The predicted molar refractivity (Wildman–Crippen MR) is 77.4 cm³/mol. The van der Waals surface area contributed by atoms with Crippen LogP contribution in [-0.2, 0) is 35.3 Å². The number of rotatable bonds is 7. The van der Waals surface area contributed by atoms with Crippen LogP contribution in [0.1, 0.15) is 27.7 Å². The molecule has 6 heteroatoms. The van der Waals surface area contributed by atoms with Crippen LogP contribution in [0.3, 0.4) is 0 Å². The van der Waals surface area contributed by atoms with Gasteiger partial charge in [0.2, 0.25) is 0 Å². The maximum atomic E-state index is 6.32. The third-order valence-electron chi connectivity index (χ3n) is 3.25. The predicted octanol–water partition coefficient (Wildman–Crippen LogP) is 5.40. The van der Waals surface area contributed by atoms with E-state index in [-0.39, 0.29) is 35.3 Å². The molecule has 0 fully saturated rings. The molecule has 0 saturated heterocycles. The molecule has 0 rings (SSSR count). The van der Waals surface area contributed by atoms with Crippen molar-refractivity contribution in [2.45, 2.75) is 27.7 Å². The molecule has 0 nitrogen and oxygen atoms in total. The normalized spacial score (nSPS) is 13.6. The summed E-state index contributed by atoms with van der Waals surface area (Å²) in [6.45, 7) is 9.40. The Labute approximate surface area is 126 Å². The van der Waals surface area contributed by atoms with Crippen LogP contribution in [0, 0.1) is 0 Å². The van der Waals surface area contributed by atoms with Crippen LogP contribution in [0.2, 0.25) is 0 Å². The molecular formula is C10H24Au2Cl2P2. The molecule has 16 heavy (non-hydrogen) atoms. The van der Waals surface area contributed by atoms with Crippen LogP contribution < -0.4 is 0 Å². The molecule has 0 aliphatic rings. The van der Waals surface area contributed by atoms with E-state index in [2.05, 4.69) is 27.7 Å². The van der Waals surface area contributed by atoms with Crippen molar-refractivity contribution in [2.24, 2.45) is 0 Å². The first-order valence-corrected chi connectivity index (χ1v) is 21.2. The molecule has 0 saturated carbocycles. The molecule has 110 valence electrons. The van der Waals surface area contributed by atoms with Gasteiger partial charge < -0.3 is 0 Å². The Morgan fingerprint density at radius 1 is 0.688 bits per heavy atom. The fourth-order valence-electron chi connectivity index (χ4n) is 1.62. The molecule has 0 aromatic heterocycles. The van der Waals surface area contributed by atoms with Crippen molar-refractivity contribution in [1.82, 2.24) is 0 Å².